The average Bonchev–Trinajstić information content (AvgIpc) is 3.13. The van der Waals surface area contributed by atoms with Gasteiger partial charge in [0.25, 0.3) is 0 Å². The average molecular weight is 403 g/mol. The van der Waals surface area contributed by atoms with Crippen LogP contribution in [0.15, 0.2) is 29.6 Å². The standard InChI is InChI=1S/C22H30N2O3S/c1-5-6-9-24(14-19(23)25)13-16-11-15(21(27)18-8-7-10-28-18)12-17(20(16)26)22(2,3)4/h7-8,10-12,26H,5-6,9,13-14H2,1-4H3,(H2,23,25). The summed E-state index contributed by atoms with van der Waals surface area (Å²) in [6.07, 6.45) is 1.92. The Kier molecular flexibility index (Phi) is 7.38. The van der Waals surface area contributed by atoms with Crippen molar-refractivity contribution in [2.45, 2.75) is 52.5 Å². The molecule has 0 unspecified atom stereocenters. The number of rotatable bonds is 9. The van der Waals surface area contributed by atoms with Gasteiger partial charge >= 0.3 is 0 Å². The van der Waals surface area contributed by atoms with Gasteiger partial charge in [-0.05, 0) is 42.0 Å². The first-order valence-electron chi connectivity index (χ1n) is 9.58. The zero-order valence-corrected chi connectivity index (χ0v) is 17.9. The first kappa shape index (κ1) is 22.1. The third-order valence-electron chi connectivity index (χ3n) is 4.61. The Balaban J connectivity index is 2.47. The van der Waals surface area contributed by atoms with Gasteiger partial charge in [0.05, 0.1) is 11.4 Å². The summed E-state index contributed by atoms with van der Waals surface area (Å²) in [5.74, 6) is -0.282. The summed E-state index contributed by atoms with van der Waals surface area (Å²) in [5, 5.41) is 12.8. The number of hydrogen-bond donors (Lipinski definition) is 2. The van der Waals surface area contributed by atoms with E-state index in [1.54, 1.807) is 18.2 Å². The lowest BCUT2D eigenvalue weighted by Crippen LogP contribution is -2.34. The van der Waals surface area contributed by atoms with Crippen molar-refractivity contribution in [3.05, 3.63) is 51.2 Å². The highest BCUT2D eigenvalue weighted by Gasteiger charge is 2.24. The van der Waals surface area contributed by atoms with Gasteiger partial charge in [-0.25, -0.2) is 0 Å². The van der Waals surface area contributed by atoms with Crippen molar-refractivity contribution >= 4 is 23.0 Å². The van der Waals surface area contributed by atoms with Crippen molar-refractivity contribution in [1.82, 2.24) is 4.90 Å². The zero-order chi connectivity index (χ0) is 20.9. The molecule has 0 saturated carbocycles. The number of carbonyl (C=O) groups is 2. The van der Waals surface area contributed by atoms with Gasteiger partial charge in [0.15, 0.2) is 0 Å². The molecule has 1 aromatic heterocycles. The molecule has 2 rings (SSSR count). The van der Waals surface area contributed by atoms with Crippen LogP contribution in [0.4, 0.5) is 0 Å². The molecule has 0 aliphatic heterocycles. The van der Waals surface area contributed by atoms with Crippen LogP contribution in [0.1, 0.15) is 66.9 Å². The highest BCUT2D eigenvalue weighted by Crippen LogP contribution is 2.36. The van der Waals surface area contributed by atoms with E-state index in [2.05, 4.69) is 6.92 Å². The number of hydrogen-bond acceptors (Lipinski definition) is 5. The molecule has 0 atom stereocenters. The molecular weight excluding hydrogens is 372 g/mol. The van der Waals surface area contributed by atoms with Crippen LogP contribution < -0.4 is 5.73 Å². The Bertz CT molecular complexity index is 823. The molecule has 0 fully saturated rings. The lowest BCUT2D eigenvalue weighted by atomic mass is 9.83. The fourth-order valence-corrected chi connectivity index (χ4v) is 3.81. The lowest BCUT2D eigenvalue weighted by Gasteiger charge is -2.26. The second kappa shape index (κ2) is 9.34. The van der Waals surface area contributed by atoms with Gasteiger partial charge in [-0.3, -0.25) is 14.5 Å². The molecule has 28 heavy (non-hydrogen) atoms. The number of phenolic OH excluding ortho intramolecular Hbond substituents is 1. The van der Waals surface area contributed by atoms with E-state index >= 15 is 0 Å². The number of phenols is 1. The molecule has 0 saturated heterocycles. The van der Waals surface area contributed by atoms with Crippen LogP contribution in [0, 0.1) is 0 Å². The third-order valence-corrected chi connectivity index (χ3v) is 5.47. The summed E-state index contributed by atoms with van der Waals surface area (Å²) >= 11 is 1.40. The fourth-order valence-electron chi connectivity index (χ4n) is 3.12. The molecule has 0 radical (unpaired) electrons. The van der Waals surface area contributed by atoms with Crippen molar-refractivity contribution < 1.29 is 14.7 Å². The molecular formula is C22H30N2O3S. The molecule has 1 amide bonds. The molecule has 0 spiro atoms. The quantitative estimate of drug-likeness (QED) is 0.619. The number of carbonyl (C=O) groups excluding carboxylic acids is 2. The van der Waals surface area contributed by atoms with Crippen LogP contribution >= 0.6 is 11.3 Å². The summed E-state index contributed by atoms with van der Waals surface area (Å²) in [6.45, 7) is 9.28. The number of unbranched alkanes of at least 4 members (excludes halogenated alkanes) is 1. The van der Waals surface area contributed by atoms with E-state index in [9.17, 15) is 14.7 Å². The number of ketones is 1. The Morgan fingerprint density at radius 2 is 1.96 bits per heavy atom. The van der Waals surface area contributed by atoms with Gasteiger partial charge in [-0.1, -0.05) is 40.2 Å². The summed E-state index contributed by atoms with van der Waals surface area (Å²) in [6, 6.07) is 7.18. The number of primary amides is 1. The van der Waals surface area contributed by atoms with Crippen LogP contribution in [-0.2, 0) is 16.8 Å². The largest absolute Gasteiger partial charge is 0.507 e. The summed E-state index contributed by atoms with van der Waals surface area (Å²) < 4.78 is 0. The molecule has 0 aliphatic rings. The van der Waals surface area contributed by atoms with E-state index in [4.69, 9.17) is 5.73 Å². The van der Waals surface area contributed by atoms with Crippen LogP contribution in [0.2, 0.25) is 0 Å². The van der Waals surface area contributed by atoms with E-state index in [0.717, 1.165) is 18.4 Å². The van der Waals surface area contributed by atoms with Gasteiger partial charge in [0, 0.05) is 23.2 Å². The third kappa shape index (κ3) is 5.66. The zero-order valence-electron chi connectivity index (χ0n) is 17.1. The Hall–Kier alpha value is -2.18. The summed E-state index contributed by atoms with van der Waals surface area (Å²) in [7, 11) is 0. The first-order valence-corrected chi connectivity index (χ1v) is 10.5. The maximum absolute atomic E-state index is 12.9. The van der Waals surface area contributed by atoms with E-state index in [1.807, 2.05) is 37.1 Å². The minimum atomic E-state index is -0.405. The minimum absolute atomic E-state index is 0.0586. The van der Waals surface area contributed by atoms with Crippen LogP contribution in [0.3, 0.4) is 0 Å². The SMILES string of the molecule is CCCCN(CC(N)=O)Cc1cc(C(=O)c2cccs2)cc(C(C)(C)C)c1O. The first-order chi connectivity index (χ1) is 13.1. The highest BCUT2D eigenvalue weighted by molar-refractivity contribution is 7.12. The topological polar surface area (TPSA) is 83.6 Å². The molecule has 5 nitrogen and oxygen atoms in total. The minimum Gasteiger partial charge on any atom is -0.507 e. The molecule has 1 aromatic carbocycles. The molecule has 1 heterocycles. The summed E-state index contributed by atoms with van der Waals surface area (Å²) in [4.78, 5) is 27.0. The predicted octanol–water partition coefficient (Wildman–Crippen LogP) is 4.07. The highest BCUT2D eigenvalue weighted by atomic mass is 32.1. The van der Waals surface area contributed by atoms with E-state index < -0.39 is 5.91 Å². The van der Waals surface area contributed by atoms with Crippen LogP contribution in [0.5, 0.6) is 5.75 Å². The maximum Gasteiger partial charge on any atom is 0.231 e. The number of thiophene rings is 1. The molecule has 0 aliphatic carbocycles. The van der Waals surface area contributed by atoms with E-state index in [-0.39, 0.29) is 23.5 Å². The van der Waals surface area contributed by atoms with Gasteiger partial charge in [-0.2, -0.15) is 0 Å². The fraction of sp³-hybridized carbons (Fsp3) is 0.455. The monoisotopic (exact) mass is 402 g/mol. The second-order valence-electron chi connectivity index (χ2n) is 8.12. The van der Waals surface area contributed by atoms with Gasteiger partial charge < -0.3 is 10.8 Å². The van der Waals surface area contributed by atoms with E-state index in [1.165, 1.54) is 11.3 Å². The number of amides is 1. The van der Waals surface area contributed by atoms with Gasteiger partial charge in [0.2, 0.25) is 11.7 Å². The predicted molar refractivity (Wildman–Crippen MR) is 114 cm³/mol. The Morgan fingerprint density at radius 1 is 1.25 bits per heavy atom. The maximum atomic E-state index is 12.9. The van der Waals surface area contributed by atoms with Crippen molar-refractivity contribution in [3.63, 3.8) is 0 Å². The molecule has 2 aromatic rings. The van der Waals surface area contributed by atoms with Crippen molar-refractivity contribution in [2.24, 2.45) is 5.73 Å². The molecule has 0 bridgehead atoms. The molecule has 152 valence electrons. The molecule has 3 N–H and O–H groups in total. The van der Waals surface area contributed by atoms with Crippen molar-refractivity contribution in [2.75, 3.05) is 13.1 Å². The Morgan fingerprint density at radius 3 is 2.50 bits per heavy atom. The van der Waals surface area contributed by atoms with Crippen molar-refractivity contribution in [1.29, 1.82) is 0 Å². The van der Waals surface area contributed by atoms with Gasteiger partial charge in [0.1, 0.15) is 5.75 Å². The normalized spacial score (nSPS) is 11.8. The summed E-state index contributed by atoms with van der Waals surface area (Å²) in [5.41, 5.74) is 6.99. The van der Waals surface area contributed by atoms with Crippen molar-refractivity contribution in [3.8, 4) is 5.75 Å². The van der Waals surface area contributed by atoms with Crippen LogP contribution in [0.25, 0.3) is 0 Å². The van der Waals surface area contributed by atoms with Gasteiger partial charge in [-0.15, -0.1) is 11.3 Å². The van der Waals surface area contributed by atoms with E-state index in [0.29, 0.717) is 29.1 Å². The Labute approximate surface area is 171 Å². The lowest BCUT2D eigenvalue weighted by molar-refractivity contribution is -0.119. The number of nitrogens with two attached hydrogens (primary N) is 1. The molecule has 6 heteroatoms. The van der Waals surface area contributed by atoms with Crippen LogP contribution in [-0.4, -0.2) is 34.8 Å². The number of aromatic hydroxyl groups is 1. The number of nitrogens with zero attached hydrogens (tertiary/aromatic N) is 1. The second-order valence-corrected chi connectivity index (χ2v) is 9.07. The number of benzene rings is 1. The smallest absolute Gasteiger partial charge is 0.231 e.